The van der Waals surface area contributed by atoms with Crippen molar-refractivity contribution in [1.29, 1.82) is 0 Å². The molecule has 0 aliphatic carbocycles. The minimum Gasteiger partial charge on any atom is -0.462 e. The summed E-state index contributed by atoms with van der Waals surface area (Å²) in [7, 11) is 0. The molecule has 0 aromatic heterocycles. The van der Waals surface area contributed by atoms with Crippen molar-refractivity contribution in [2.45, 2.75) is 239 Å². The van der Waals surface area contributed by atoms with Gasteiger partial charge >= 0.3 is 17.9 Å². The molecule has 344 valence electrons. The van der Waals surface area contributed by atoms with Crippen molar-refractivity contribution < 1.29 is 28.6 Å². The van der Waals surface area contributed by atoms with Gasteiger partial charge in [-0.2, -0.15) is 0 Å². The molecule has 0 spiro atoms. The highest BCUT2D eigenvalue weighted by Crippen LogP contribution is 2.14. The summed E-state index contributed by atoms with van der Waals surface area (Å²) in [5.41, 5.74) is 0. The first-order chi connectivity index (χ1) is 29.5. The van der Waals surface area contributed by atoms with E-state index in [1.807, 2.05) is 0 Å². The number of esters is 3. The summed E-state index contributed by atoms with van der Waals surface area (Å²) in [4.78, 5) is 37.9. The Morgan fingerprint density at radius 2 is 0.700 bits per heavy atom. The number of hydrogen-bond donors (Lipinski definition) is 0. The highest BCUT2D eigenvalue weighted by atomic mass is 16.6. The van der Waals surface area contributed by atoms with E-state index in [4.69, 9.17) is 14.2 Å². The maximum absolute atomic E-state index is 12.8. The zero-order valence-electron chi connectivity index (χ0n) is 39.2. The Morgan fingerprint density at radius 1 is 0.367 bits per heavy atom. The van der Waals surface area contributed by atoms with Gasteiger partial charge in [-0.15, -0.1) is 0 Å². The second-order valence-corrected chi connectivity index (χ2v) is 16.4. The second-order valence-electron chi connectivity index (χ2n) is 16.4. The molecule has 0 aliphatic rings. The van der Waals surface area contributed by atoms with Crippen molar-refractivity contribution in [3.63, 3.8) is 0 Å². The molecular formula is C54H92O6. The van der Waals surface area contributed by atoms with Crippen molar-refractivity contribution in [2.24, 2.45) is 0 Å². The molecule has 0 heterocycles. The van der Waals surface area contributed by atoms with Crippen molar-refractivity contribution in [3.8, 4) is 0 Å². The smallest absolute Gasteiger partial charge is 0.306 e. The Bertz CT molecular complexity index is 1140. The fourth-order valence-electron chi connectivity index (χ4n) is 6.70. The van der Waals surface area contributed by atoms with Gasteiger partial charge in [0.1, 0.15) is 13.2 Å². The molecule has 0 aliphatic heterocycles. The summed E-state index contributed by atoms with van der Waals surface area (Å²) in [6.07, 6.45) is 60.2. The van der Waals surface area contributed by atoms with Gasteiger partial charge in [-0.1, -0.05) is 190 Å². The predicted molar refractivity (Wildman–Crippen MR) is 256 cm³/mol. The molecule has 6 nitrogen and oxygen atoms in total. The molecule has 0 aromatic rings. The average Bonchev–Trinajstić information content (AvgIpc) is 3.24. The first-order valence-electron chi connectivity index (χ1n) is 25.0. The molecule has 0 rings (SSSR count). The second kappa shape index (κ2) is 48.5. The molecule has 0 aromatic carbocycles. The Balaban J connectivity index is 4.44. The predicted octanol–water partition coefficient (Wildman–Crippen LogP) is 16.3. The Labute approximate surface area is 370 Å². The molecule has 0 radical (unpaired) electrons. The van der Waals surface area contributed by atoms with Crippen LogP contribution in [0.25, 0.3) is 0 Å². The molecule has 1 unspecified atom stereocenters. The summed E-state index contributed by atoms with van der Waals surface area (Å²) in [5, 5.41) is 0. The first kappa shape index (κ1) is 56.9. The molecule has 0 N–H and O–H groups in total. The van der Waals surface area contributed by atoms with Crippen molar-refractivity contribution in [3.05, 3.63) is 72.9 Å². The summed E-state index contributed by atoms with van der Waals surface area (Å²) in [5.74, 6) is -0.930. The van der Waals surface area contributed by atoms with Gasteiger partial charge < -0.3 is 14.2 Å². The monoisotopic (exact) mass is 837 g/mol. The van der Waals surface area contributed by atoms with Gasteiger partial charge in [-0.25, -0.2) is 0 Å². The van der Waals surface area contributed by atoms with E-state index in [0.717, 1.165) is 109 Å². The lowest BCUT2D eigenvalue weighted by Gasteiger charge is -2.18. The first-order valence-corrected chi connectivity index (χ1v) is 25.0. The van der Waals surface area contributed by atoms with E-state index < -0.39 is 6.10 Å². The normalized spacial score (nSPS) is 12.7. The average molecular weight is 837 g/mol. The Hall–Kier alpha value is -3.15. The van der Waals surface area contributed by atoms with Gasteiger partial charge in [-0.05, 0) is 96.3 Å². The molecular weight excluding hydrogens is 745 g/mol. The number of carbonyl (C=O) groups excluding carboxylic acids is 3. The molecule has 0 fully saturated rings. The van der Waals surface area contributed by atoms with Crippen LogP contribution < -0.4 is 0 Å². The van der Waals surface area contributed by atoms with Crippen LogP contribution in [-0.2, 0) is 28.6 Å². The maximum Gasteiger partial charge on any atom is 0.306 e. The van der Waals surface area contributed by atoms with Crippen LogP contribution >= 0.6 is 0 Å². The molecule has 0 saturated heterocycles. The third-order valence-corrected chi connectivity index (χ3v) is 10.5. The Morgan fingerprint density at radius 3 is 1.10 bits per heavy atom. The molecule has 0 amide bonds. The van der Waals surface area contributed by atoms with E-state index in [0.29, 0.717) is 19.3 Å². The lowest BCUT2D eigenvalue weighted by Crippen LogP contribution is -2.30. The SMILES string of the molecule is CC/C=C\C/C=C\CCCCCCCC(=O)OCC(COC(=O)CCCCCCCC/C=C\C=C/CCCCC)OC(=O)CCCCCCCC/C=C\C=C/CCCCC. The van der Waals surface area contributed by atoms with Crippen LogP contribution in [0, 0.1) is 0 Å². The fraction of sp³-hybridized carbons (Fsp3) is 0.722. The van der Waals surface area contributed by atoms with Crippen LogP contribution in [0.1, 0.15) is 233 Å². The van der Waals surface area contributed by atoms with E-state index in [1.54, 1.807) is 0 Å². The van der Waals surface area contributed by atoms with E-state index in [-0.39, 0.29) is 31.1 Å². The van der Waals surface area contributed by atoms with Crippen molar-refractivity contribution >= 4 is 17.9 Å². The minimum absolute atomic E-state index is 0.0915. The molecule has 0 saturated carbocycles. The van der Waals surface area contributed by atoms with Crippen LogP contribution in [0.2, 0.25) is 0 Å². The third kappa shape index (κ3) is 45.9. The number of carbonyl (C=O) groups is 3. The number of ether oxygens (including phenoxy) is 3. The highest BCUT2D eigenvalue weighted by molar-refractivity contribution is 5.71. The van der Waals surface area contributed by atoms with Gasteiger partial charge in [0.25, 0.3) is 0 Å². The Kier molecular flexibility index (Phi) is 46.0. The van der Waals surface area contributed by atoms with E-state index in [2.05, 4.69) is 93.7 Å². The molecule has 60 heavy (non-hydrogen) atoms. The summed E-state index contributed by atoms with van der Waals surface area (Å²) < 4.78 is 16.7. The van der Waals surface area contributed by atoms with E-state index in [1.165, 1.54) is 83.5 Å². The van der Waals surface area contributed by atoms with Gasteiger partial charge in [-0.3, -0.25) is 14.4 Å². The van der Waals surface area contributed by atoms with Crippen LogP contribution in [0.4, 0.5) is 0 Å². The summed E-state index contributed by atoms with van der Waals surface area (Å²) >= 11 is 0. The van der Waals surface area contributed by atoms with Crippen molar-refractivity contribution in [2.75, 3.05) is 13.2 Å². The summed E-state index contributed by atoms with van der Waals surface area (Å²) in [6, 6.07) is 0. The van der Waals surface area contributed by atoms with E-state index in [9.17, 15) is 14.4 Å². The van der Waals surface area contributed by atoms with E-state index >= 15 is 0 Å². The maximum atomic E-state index is 12.8. The quantitative estimate of drug-likeness (QED) is 0.0200. The number of rotatable bonds is 44. The number of hydrogen-bond acceptors (Lipinski definition) is 6. The van der Waals surface area contributed by atoms with Gasteiger partial charge in [0.2, 0.25) is 0 Å². The van der Waals surface area contributed by atoms with Gasteiger partial charge in [0.05, 0.1) is 0 Å². The lowest BCUT2D eigenvalue weighted by atomic mass is 10.1. The number of allylic oxidation sites excluding steroid dienone is 12. The molecule has 0 bridgehead atoms. The number of unbranched alkanes of at least 4 members (excludes halogenated alkanes) is 23. The van der Waals surface area contributed by atoms with Crippen LogP contribution in [0.3, 0.4) is 0 Å². The van der Waals surface area contributed by atoms with Crippen LogP contribution in [0.5, 0.6) is 0 Å². The zero-order valence-corrected chi connectivity index (χ0v) is 39.2. The minimum atomic E-state index is -0.791. The van der Waals surface area contributed by atoms with Crippen LogP contribution in [0.15, 0.2) is 72.9 Å². The van der Waals surface area contributed by atoms with Crippen molar-refractivity contribution in [1.82, 2.24) is 0 Å². The fourth-order valence-corrected chi connectivity index (χ4v) is 6.70. The largest absolute Gasteiger partial charge is 0.462 e. The highest BCUT2D eigenvalue weighted by Gasteiger charge is 2.19. The van der Waals surface area contributed by atoms with Gasteiger partial charge in [0, 0.05) is 19.3 Å². The summed E-state index contributed by atoms with van der Waals surface area (Å²) in [6.45, 7) is 6.43. The molecule has 6 heteroatoms. The third-order valence-electron chi connectivity index (χ3n) is 10.5. The van der Waals surface area contributed by atoms with Gasteiger partial charge in [0.15, 0.2) is 6.10 Å². The zero-order chi connectivity index (χ0) is 43.7. The van der Waals surface area contributed by atoms with Crippen LogP contribution in [-0.4, -0.2) is 37.2 Å². The molecule has 1 atom stereocenters. The topological polar surface area (TPSA) is 78.9 Å². The lowest BCUT2D eigenvalue weighted by molar-refractivity contribution is -0.167. The standard InChI is InChI=1S/C54H92O6/c1-4-7-10-13-16-19-22-25-27-29-32-35-38-41-44-47-53(56)59-50-51(49-58-52(55)46-43-40-37-34-31-24-21-18-15-12-9-6-3)60-54(57)48-45-42-39-36-33-30-28-26-23-20-17-14-11-8-5-2/h9,12,16-23,25-26,51H,4-8,10-11,13-15,24,27-50H2,1-3H3/b12-9-,19-16-,20-17-,21-18-,25-22-,26-23-.